The Morgan fingerprint density at radius 2 is 2.13 bits per heavy atom. The Balaban J connectivity index is 1.66. The number of nitrogens with zero attached hydrogens (tertiary/aromatic N) is 2. The molecule has 6 heteroatoms. The van der Waals surface area contributed by atoms with Gasteiger partial charge < -0.3 is 5.32 Å². The van der Waals surface area contributed by atoms with Crippen LogP contribution in [-0.2, 0) is 11.3 Å². The highest BCUT2D eigenvalue weighted by atomic mass is 32.1. The molecule has 0 unspecified atom stereocenters. The van der Waals surface area contributed by atoms with Crippen molar-refractivity contribution >= 4 is 28.7 Å². The number of hydrogen-bond donors (Lipinski definition) is 1. The maximum absolute atomic E-state index is 12.1. The van der Waals surface area contributed by atoms with Gasteiger partial charge in [-0.1, -0.05) is 12.1 Å². The van der Waals surface area contributed by atoms with Gasteiger partial charge in [-0.25, -0.2) is 0 Å². The smallest absolute Gasteiger partial charge is 0.246 e. The van der Waals surface area contributed by atoms with Crippen molar-refractivity contribution in [3.63, 3.8) is 0 Å². The zero-order valence-corrected chi connectivity index (χ0v) is 13.3. The van der Waals surface area contributed by atoms with Gasteiger partial charge in [-0.2, -0.15) is 16.4 Å². The minimum absolute atomic E-state index is 0.0337. The predicted octanol–water partition coefficient (Wildman–Crippen LogP) is 3.45. The van der Waals surface area contributed by atoms with Crippen LogP contribution >= 0.6 is 11.3 Å². The first-order chi connectivity index (χ1) is 11.1. The Hall–Kier alpha value is -2.73. The highest BCUT2D eigenvalue weighted by molar-refractivity contribution is 7.08. The van der Waals surface area contributed by atoms with Crippen LogP contribution in [0.25, 0.3) is 11.3 Å². The molecule has 1 N–H and O–H groups in total. The number of aromatic nitrogens is 2. The molecule has 23 heavy (non-hydrogen) atoms. The highest BCUT2D eigenvalue weighted by Crippen LogP contribution is 2.19. The topological polar surface area (TPSA) is 64.0 Å². The van der Waals surface area contributed by atoms with Crippen molar-refractivity contribution in [2.75, 3.05) is 5.32 Å². The molecule has 3 rings (SSSR count). The maximum atomic E-state index is 12.1. The normalized spacial score (nSPS) is 10.5. The molecular weight excluding hydrogens is 310 g/mol. The van der Waals surface area contributed by atoms with Crippen LogP contribution in [0.2, 0.25) is 0 Å². The van der Waals surface area contributed by atoms with Gasteiger partial charge in [0.15, 0.2) is 5.78 Å². The molecule has 1 aromatic carbocycles. The third kappa shape index (κ3) is 3.73. The van der Waals surface area contributed by atoms with Crippen LogP contribution in [0.5, 0.6) is 0 Å². The summed E-state index contributed by atoms with van der Waals surface area (Å²) in [7, 11) is 0. The summed E-state index contributed by atoms with van der Waals surface area (Å²) in [4.78, 5) is 23.5. The largest absolute Gasteiger partial charge is 0.324 e. The third-order valence-corrected chi connectivity index (χ3v) is 4.00. The van der Waals surface area contributed by atoms with E-state index in [1.165, 1.54) is 6.92 Å². The lowest BCUT2D eigenvalue weighted by atomic mass is 10.1. The number of thiophene rings is 1. The van der Waals surface area contributed by atoms with Gasteiger partial charge >= 0.3 is 0 Å². The number of Topliss-reactive ketones (excluding diaryl/α,β-unsaturated/α-hetero) is 1. The number of rotatable bonds is 5. The molecule has 1 amide bonds. The summed E-state index contributed by atoms with van der Waals surface area (Å²) in [6.07, 6.45) is 1.78. The molecule has 0 radical (unpaired) electrons. The average molecular weight is 325 g/mol. The second-order valence-corrected chi connectivity index (χ2v) is 5.88. The van der Waals surface area contributed by atoms with Crippen molar-refractivity contribution in [1.82, 2.24) is 9.78 Å². The molecule has 2 aromatic heterocycles. The number of hydrogen-bond acceptors (Lipinski definition) is 4. The number of carbonyl (C=O) groups is 2. The highest BCUT2D eigenvalue weighted by Gasteiger charge is 2.08. The minimum atomic E-state index is -0.189. The van der Waals surface area contributed by atoms with E-state index in [0.717, 1.165) is 11.3 Å². The van der Waals surface area contributed by atoms with Crippen LogP contribution in [0.4, 0.5) is 5.69 Å². The molecule has 0 atom stereocenters. The number of nitrogens with one attached hydrogen (secondary N) is 1. The lowest BCUT2D eigenvalue weighted by Gasteiger charge is -2.06. The molecule has 0 saturated heterocycles. The fraction of sp³-hybridized carbons (Fsp3) is 0.118. The van der Waals surface area contributed by atoms with Crippen LogP contribution in [0.1, 0.15) is 17.3 Å². The summed E-state index contributed by atoms with van der Waals surface area (Å²) in [5, 5.41) is 11.2. The van der Waals surface area contributed by atoms with Crippen LogP contribution < -0.4 is 5.32 Å². The molecule has 2 heterocycles. The van der Waals surface area contributed by atoms with Crippen molar-refractivity contribution in [1.29, 1.82) is 0 Å². The van der Waals surface area contributed by atoms with Crippen LogP contribution in [0.3, 0.4) is 0 Å². The van der Waals surface area contributed by atoms with Crippen LogP contribution in [0.15, 0.2) is 53.4 Å². The average Bonchev–Trinajstić information content (AvgIpc) is 3.18. The first kappa shape index (κ1) is 15.2. The SMILES string of the molecule is CC(=O)c1cccc(NC(=O)Cn2ccc(-c3ccsc3)n2)c1. The minimum Gasteiger partial charge on any atom is -0.324 e. The summed E-state index contributed by atoms with van der Waals surface area (Å²) in [6.45, 7) is 1.62. The van der Waals surface area contributed by atoms with Crippen LogP contribution in [-0.4, -0.2) is 21.5 Å². The van der Waals surface area contributed by atoms with E-state index in [0.29, 0.717) is 11.3 Å². The van der Waals surface area contributed by atoms with Gasteiger partial charge in [-0.05, 0) is 36.6 Å². The summed E-state index contributed by atoms with van der Waals surface area (Å²) >= 11 is 1.61. The van der Waals surface area contributed by atoms with E-state index in [-0.39, 0.29) is 18.2 Å². The Kier molecular flexibility index (Phi) is 4.34. The molecule has 0 aliphatic heterocycles. The second-order valence-electron chi connectivity index (χ2n) is 5.10. The lowest BCUT2D eigenvalue weighted by Crippen LogP contribution is -2.19. The summed E-state index contributed by atoms with van der Waals surface area (Å²) in [5.74, 6) is -0.223. The molecule has 116 valence electrons. The Bertz CT molecular complexity index is 837. The molecule has 0 spiro atoms. The first-order valence-electron chi connectivity index (χ1n) is 7.09. The van der Waals surface area contributed by atoms with E-state index in [1.807, 2.05) is 22.9 Å². The molecule has 0 saturated carbocycles. The van der Waals surface area contributed by atoms with Gasteiger partial charge in [0.05, 0.1) is 5.69 Å². The standard InChI is InChI=1S/C17H15N3O2S/c1-12(21)13-3-2-4-15(9-13)18-17(22)10-20-7-5-16(19-20)14-6-8-23-11-14/h2-9,11H,10H2,1H3,(H,18,22). The van der Waals surface area contributed by atoms with Gasteiger partial charge in [0.25, 0.3) is 0 Å². The van der Waals surface area contributed by atoms with E-state index in [1.54, 1.807) is 46.5 Å². The molecular formula is C17H15N3O2S. The van der Waals surface area contributed by atoms with Gasteiger partial charge in [0.2, 0.25) is 5.91 Å². The monoisotopic (exact) mass is 325 g/mol. The van der Waals surface area contributed by atoms with Crippen molar-refractivity contribution < 1.29 is 9.59 Å². The zero-order valence-electron chi connectivity index (χ0n) is 12.5. The maximum Gasteiger partial charge on any atom is 0.246 e. The number of benzene rings is 1. The van der Waals surface area contributed by atoms with E-state index in [4.69, 9.17) is 0 Å². The van der Waals surface area contributed by atoms with Crippen molar-refractivity contribution in [3.05, 3.63) is 58.9 Å². The van der Waals surface area contributed by atoms with Gasteiger partial charge in [-0.3, -0.25) is 14.3 Å². The zero-order chi connectivity index (χ0) is 16.2. The van der Waals surface area contributed by atoms with Gasteiger partial charge in [0.1, 0.15) is 6.54 Å². The van der Waals surface area contributed by atoms with Crippen molar-refractivity contribution in [3.8, 4) is 11.3 Å². The Morgan fingerprint density at radius 3 is 2.87 bits per heavy atom. The number of ketones is 1. The van der Waals surface area contributed by atoms with Gasteiger partial charge in [-0.15, -0.1) is 0 Å². The van der Waals surface area contributed by atoms with Crippen molar-refractivity contribution in [2.45, 2.75) is 13.5 Å². The van der Waals surface area contributed by atoms with E-state index >= 15 is 0 Å². The van der Waals surface area contributed by atoms with Crippen molar-refractivity contribution in [2.24, 2.45) is 0 Å². The summed E-state index contributed by atoms with van der Waals surface area (Å²) in [5.41, 5.74) is 3.07. The van der Waals surface area contributed by atoms with Crippen LogP contribution in [0, 0.1) is 0 Å². The second kappa shape index (κ2) is 6.58. The lowest BCUT2D eigenvalue weighted by molar-refractivity contribution is -0.116. The molecule has 0 aliphatic carbocycles. The van der Waals surface area contributed by atoms with E-state index < -0.39 is 0 Å². The van der Waals surface area contributed by atoms with E-state index in [2.05, 4.69) is 10.4 Å². The first-order valence-corrected chi connectivity index (χ1v) is 8.03. The third-order valence-electron chi connectivity index (χ3n) is 3.32. The molecule has 5 nitrogen and oxygen atoms in total. The molecule has 3 aromatic rings. The van der Waals surface area contributed by atoms with E-state index in [9.17, 15) is 9.59 Å². The fourth-order valence-corrected chi connectivity index (χ4v) is 2.83. The molecule has 0 fully saturated rings. The summed E-state index contributed by atoms with van der Waals surface area (Å²) in [6, 6.07) is 10.8. The number of amides is 1. The van der Waals surface area contributed by atoms with Gasteiger partial charge in [0, 0.05) is 28.4 Å². The number of anilines is 1. The quantitative estimate of drug-likeness (QED) is 0.731. The summed E-state index contributed by atoms with van der Waals surface area (Å²) < 4.78 is 1.59. The molecule has 0 aliphatic rings. The Morgan fingerprint density at radius 1 is 1.26 bits per heavy atom. The predicted molar refractivity (Wildman–Crippen MR) is 90.6 cm³/mol. The fourth-order valence-electron chi connectivity index (χ4n) is 2.18. The number of carbonyl (C=O) groups excluding carboxylic acids is 2. The molecule has 0 bridgehead atoms. The Labute approximate surface area is 137 Å².